The first kappa shape index (κ1) is 22.4. The molecule has 5 unspecified atom stereocenters. The third-order valence-corrected chi connectivity index (χ3v) is 9.76. The summed E-state index contributed by atoms with van der Waals surface area (Å²) < 4.78 is 0. The Bertz CT molecular complexity index is 983. The van der Waals surface area contributed by atoms with E-state index in [0.717, 1.165) is 41.4 Å². The highest BCUT2D eigenvalue weighted by atomic mass is 35.5. The lowest BCUT2D eigenvalue weighted by molar-refractivity contribution is 0.0635. The van der Waals surface area contributed by atoms with Crippen LogP contribution in [0.5, 0.6) is 0 Å². The normalized spacial score (nSPS) is 40.2. The Hall–Kier alpha value is -1.09. The van der Waals surface area contributed by atoms with E-state index >= 15 is 0 Å². The molecule has 1 saturated heterocycles. The topological polar surface area (TPSA) is 15.6 Å². The second-order valence-electron chi connectivity index (χ2n) is 11.6. The van der Waals surface area contributed by atoms with Crippen molar-refractivity contribution in [2.45, 2.75) is 64.3 Å². The molecular weight excluding hydrogens is 447 g/mol. The van der Waals surface area contributed by atoms with Crippen molar-refractivity contribution in [2.24, 2.45) is 34.1 Å². The van der Waals surface area contributed by atoms with E-state index in [1.54, 1.807) is 5.57 Å². The first-order valence-electron chi connectivity index (χ1n) is 13.0. The van der Waals surface area contributed by atoms with Crippen molar-refractivity contribution in [3.63, 3.8) is 0 Å². The third-order valence-electron chi connectivity index (χ3n) is 9.26. The van der Waals surface area contributed by atoms with E-state index in [-0.39, 0.29) is 0 Å². The van der Waals surface area contributed by atoms with Crippen LogP contribution >= 0.6 is 23.2 Å². The van der Waals surface area contributed by atoms with Gasteiger partial charge in [0.15, 0.2) is 0 Å². The first-order chi connectivity index (χ1) is 16.0. The smallest absolute Gasteiger partial charge is 0.0541 e. The predicted molar refractivity (Wildman–Crippen MR) is 140 cm³/mol. The molecule has 4 fully saturated rings. The van der Waals surface area contributed by atoms with Crippen molar-refractivity contribution in [1.82, 2.24) is 4.90 Å². The first-order valence-corrected chi connectivity index (χ1v) is 13.8. The lowest BCUT2D eigenvalue weighted by atomic mass is 9.45. The van der Waals surface area contributed by atoms with Crippen molar-refractivity contribution in [2.75, 3.05) is 19.6 Å². The van der Waals surface area contributed by atoms with Crippen LogP contribution < -0.4 is 0 Å². The fourth-order valence-corrected chi connectivity index (χ4v) is 8.47. The largest absolute Gasteiger partial charge is 0.298 e. The van der Waals surface area contributed by atoms with Gasteiger partial charge in [0, 0.05) is 34.8 Å². The lowest BCUT2D eigenvalue weighted by Crippen LogP contribution is -2.48. The number of hydrogen-bond acceptors (Lipinski definition) is 2. The maximum Gasteiger partial charge on any atom is 0.0541 e. The molecule has 3 saturated carbocycles. The number of aliphatic imine (C=N–C) groups is 1. The highest BCUT2D eigenvalue weighted by Crippen LogP contribution is 2.65. The third kappa shape index (κ3) is 4.37. The van der Waals surface area contributed by atoms with Gasteiger partial charge in [-0.1, -0.05) is 64.2 Å². The van der Waals surface area contributed by atoms with Crippen LogP contribution in [0.4, 0.5) is 0 Å². The minimum Gasteiger partial charge on any atom is -0.298 e. The van der Waals surface area contributed by atoms with Gasteiger partial charge in [0.2, 0.25) is 0 Å². The van der Waals surface area contributed by atoms with Crippen molar-refractivity contribution >= 4 is 29.4 Å². The summed E-state index contributed by atoms with van der Waals surface area (Å²) in [7, 11) is 0. The van der Waals surface area contributed by atoms with E-state index in [4.69, 9.17) is 28.2 Å². The molecule has 0 aromatic heterocycles. The summed E-state index contributed by atoms with van der Waals surface area (Å²) in [5, 5.41) is 1.66. The monoisotopic (exact) mass is 482 g/mol. The number of nitrogens with zero attached hydrogens (tertiary/aromatic N) is 2. The van der Waals surface area contributed by atoms with E-state index < -0.39 is 0 Å². The minimum atomic E-state index is 0.419. The van der Waals surface area contributed by atoms with Crippen LogP contribution in [0.15, 0.2) is 62.2 Å². The van der Waals surface area contributed by atoms with Crippen LogP contribution in [-0.2, 0) is 0 Å². The molecule has 0 N–H and O–H groups in total. The zero-order valence-electron chi connectivity index (χ0n) is 19.8. The lowest BCUT2D eigenvalue weighted by Gasteiger charge is -2.59. The van der Waals surface area contributed by atoms with Gasteiger partial charge in [-0.3, -0.25) is 9.89 Å². The molecule has 0 aromatic carbocycles. The molecule has 1 heterocycles. The molecule has 0 aromatic rings. The van der Waals surface area contributed by atoms with Gasteiger partial charge in [-0.25, -0.2) is 0 Å². The second kappa shape index (κ2) is 8.85. The summed E-state index contributed by atoms with van der Waals surface area (Å²) in [6, 6.07) is 0.549. The fraction of sp³-hybridized carbons (Fsp3) is 0.621. The van der Waals surface area contributed by atoms with Gasteiger partial charge in [-0.05, 0) is 94.1 Å². The summed E-state index contributed by atoms with van der Waals surface area (Å²) in [6.07, 6.45) is 24.1. The highest BCUT2D eigenvalue weighted by Gasteiger charge is 2.54. The molecule has 176 valence electrons. The summed E-state index contributed by atoms with van der Waals surface area (Å²) in [5.41, 5.74) is 5.43. The number of allylic oxidation sites excluding steroid dienone is 9. The number of rotatable bonds is 6. The Morgan fingerprint density at radius 1 is 1.15 bits per heavy atom. The quantitative estimate of drug-likeness (QED) is 0.283. The average Bonchev–Trinajstić information content (AvgIpc) is 3.19. The number of fused-ring (bicyclic) bond motifs is 1. The molecule has 8 rings (SSSR count). The zero-order chi connectivity index (χ0) is 22.6. The molecule has 0 amide bonds. The van der Waals surface area contributed by atoms with Crippen molar-refractivity contribution in [3.05, 3.63) is 57.2 Å². The van der Waals surface area contributed by atoms with Gasteiger partial charge in [-0.2, -0.15) is 0 Å². The maximum atomic E-state index is 6.29. The van der Waals surface area contributed by atoms with Crippen molar-refractivity contribution in [3.8, 4) is 0 Å². The number of hydrogen-bond donors (Lipinski definition) is 0. The summed E-state index contributed by atoms with van der Waals surface area (Å²) in [4.78, 5) is 7.63. The SMILES string of the molecule is CC1=CC(C=NCC2CCCN2CC2C=C(Cl)C=C(Cl)C2)CC(C23CC=C4C(CC4C2)C3)=C1. The van der Waals surface area contributed by atoms with Gasteiger partial charge in [0.1, 0.15) is 0 Å². The molecule has 33 heavy (non-hydrogen) atoms. The maximum absolute atomic E-state index is 6.29. The van der Waals surface area contributed by atoms with Crippen molar-refractivity contribution in [1.29, 1.82) is 0 Å². The van der Waals surface area contributed by atoms with Crippen LogP contribution in [0.2, 0.25) is 0 Å². The van der Waals surface area contributed by atoms with E-state index in [9.17, 15) is 0 Å². The molecule has 4 bridgehead atoms. The van der Waals surface area contributed by atoms with Gasteiger partial charge < -0.3 is 0 Å². The molecule has 0 radical (unpaired) electrons. The van der Waals surface area contributed by atoms with Crippen LogP contribution in [0.3, 0.4) is 0 Å². The Labute approximate surface area is 209 Å². The number of halogens is 2. The fourth-order valence-electron chi connectivity index (χ4n) is 7.79. The van der Waals surface area contributed by atoms with Gasteiger partial charge in [0.05, 0.1) is 6.54 Å². The molecule has 8 aliphatic rings. The van der Waals surface area contributed by atoms with E-state index in [1.807, 2.05) is 11.6 Å². The van der Waals surface area contributed by atoms with E-state index in [2.05, 4.69) is 42.3 Å². The number of likely N-dealkylation sites (tertiary alicyclic amines) is 1. The van der Waals surface area contributed by atoms with Crippen LogP contribution in [0.25, 0.3) is 0 Å². The summed E-state index contributed by atoms with van der Waals surface area (Å²) >= 11 is 12.5. The van der Waals surface area contributed by atoms with E-state index in [0.29, 0.717) is 23.3 Å². The molecular formula is C29H36Cl2N2. The van der Waals surface area contributed by atoms with Gasteiger partial charge in [-0.15, -0.1) is 0 Å². The predicted octanol–water partition coefficient (Wildman–Crippen LogP) is 7.43. The van der Waals surface area contributed by atoms with Gasteiger partial charge in [0.25, 0.3) is 0 Å². The Morgan fingerprint density at radius 2 is 2.00 bits per heavy atom. The molecule has 2 nitrogen and oxygen atoms in total. The molecule has 0 spiro atoms. The van der Waals surface area contributed by atoms with Crippen LogP contribution in [0, 0.1) is 29.1 Å². The average molecular weight is 484 g/mol. The molecule has 1 aliphatic heterocycles. The highest BCUT2D eigenvalue weighted by molar-refractivity contribution is 6.34. The molecule has 7 aliphatic carbocycles. The van der Waals surface area contributed by atoms with Crippen LogP contribution in [0.1, 0.15) is 58.3 Å². The van der Waals surface area contributed by atoms with E-state index in [1.165, 1.54) is 57.1 Å². The molecule has 4 heteroatoms. The zero-order valence-corrected chi connectivity index (χ0v) is 21.3. The minimum absolute atomic E-state index is 0.419. The van der Waals surface area contributed by atoms with Gasteiger partial charge >= 0.3 is 0 Å². The standard InChI is InChI=1S/C29H36Cl2N2/c1-19-7-20(9-24(8-19)29-5-4-28-22(14-29)12-23(28)15-29)16-32-17-27-3-2-6-33(27)18-21-10-25(30)13-26(31)11-21/h4,7-8,10,13,16,20-23,27H,2-3,5-6,9,11-12,14-15,17-18H2,1H3. The summed E-state index contributed by atoms with van der Waals surface area (Å²) in [6.45, 7) is 5.40. The Morgan fingerprint density at radius 3 is 2.79 bits per heavy atom. The summed E-state index contributed by atoms with van der Waals surface area (Å²) in [5.74, 6) is 2.69. The Balaban J connectivity index is 1.06. The van der Waals surface area contributed by atoms with Crippen LogP contribution in [-0.4, -0.2) is 36.8 Å². The second-order valence-corrected chi connectivity index (χ2v) is 12.5. The van der Waals surface area contributed by atoms with Crippen molar-refractivity contribution < 1.29 is 0 Å². The molecule has 5 atom stereocenters. The Kier molecular flexibility index (Phi) is 6.00.